The largest absolute Gasteiger partial charge is 0.353 e. The van der Waals surface area contributed by atoms with E-state index in [0.717, 1.165) is 45.2 Å². The van der Waals surface area contributed by atoms with Gasteiger partial charge in [-0.15, -0.1) is 0 Å². The molecule has 1 unspecified atom stereocenters. The maximum atomic E-state index is 12.8. The molecule has 0 N–H and O–H groups in total. The number of hydrogen-bond acceptors (Lipinski definition) is 5. The van der Waals surface area contributed by atoms with Crippen LogP contribution in [0.1, 0.15) is 52.8 Å². The summed E-state index contributed by atoms with van der Waals surface area (Å²) in [4.78, 5) is 44.9. The van der Waals surface area contributed by atoms with E-state index in [1.807, 2.05) is 0 Å². The fourth-order valence-corrected chi connectivity index (χ4v) is 4.01. The molecule has 2 amide bonds. The summed E-state index contributed by atoms with van der Waals surface area (Å²) in [5, 5.41) is 0.632. The zero-order chi connectivity index (χ0) is 16.0. The lowest BCUT2D eigenvalue weighted by Gasteiger charge is -2.40. The molecule has 6 heteroatoms. The van der Waals surface area contributed by atoms with Crippen molar-refractivity contribution >= 4 is 17.8 Å². The van der Waals surface area contributed by atoms with Crippen LogP contribution in [0.2, 0.25) is 0 Å². The molecule has 2 fully saturated rings. The van der Waals surface area contributed by atoms with E-state index in [1.54, 1.807) is 24.3 Å². The van der Waals surface area contributed by atoms with E-state index in [9.17, 15) is 14.4 Å². The summed E-state index contributed by atoms with van der Waals surface area (Å²) < 4.78 is 0. The highest BCUT2D eigenvalue weighted by atomic mass is 16.7. The third-order valence-electron chi connectivity index (χ3n) is 5.20. The van der Waals surface area contributed by atoms with Crippen molar-refractivity contribution in [3.63, 3.8) is 0 Å². The summed E-state index contributed by atoms with van der Waals surface area (Å²) in [5.74, 6) is -1.59. The fourth-order valence-electron chi connectivity index (χ4n) is 4.01. The number of rotatable bonds is 2. The SMILES string of the molecule is O=C1c2ccccc2C(=O)N1OC(=O)C12CCCCN1CCC2. The number of carbonyl (C=O) groups excluding carboxylic acids is 3. The molecular weight excluding hydrogens is 296 g/mol. The molecule has 3 heterocycles. The number of hydrogen-bond donors (Lipinski definition) is 0. The zero-order valence-electron chi connectivity index (χ0n) is 12.8. The van der Waals surface area contributed by atoms with Gasteiger partial charge in [-0.05, 0) is 57.3 Å². The lowest BCUT2D eigenvalue weighted by molar-refractivity contribution is -0.183. The summed E-state index contributed by atoms with van der Waals surface area (Å²) in [7, 11) is 0. The van der Waals surface area contributed by atoms with E-state index in [0.29, 0.717) is 5.06 Å². The van der Waals surface area contributed by atoms with Crippen LogP contribution < -0.4 is 0 Å². The minimum atomic E-state index is -0.659. The molecule has 0 aromatic heterocycles. The Bertz CT molecular complexity index is 667. The number of benzene rings is 1. The Labute approximate surface area is 134 Å². The van der Waals surface area contributed by atoms with Gasteiger partial charge in [0.1, 0.15) is 5.54 Å². The summed E-state index contributed by atoms with van der Waals surface area (Å²) in [6.07, 6.45) is 4.44. The van der Waals surface area contributed by atoms with Crippen LogP contribution in [0.5, 0.6) is 0 Å². The van der Waals surface area contributed by atoms with E-state index in [2.05, 4.69) is 4.90 Å². The monoisotopic (exact) mass is 314 g/mol. The Morgan fingerprint density at radius 3 is 2.26 bits per heavy atom. The van der Waals surface area contributed by atoms with Gasteiger partial charge in [0.2, 0.25) is 0 Å². The second kappa shape index (κ2) is 5.16. The molecule has 4 rings (SSSR count). The molecule has 0 saturated carbocycles. The molecule has 6 nitrogen and oxygen atoms in total. The van der Waals surface area contributed by atoms with E-state index >= 15 is 0 Å². The molecular formula is C17H18N2O4. The van der Waals surface area contributed by atoms with Crippen molar-refractivity contribution < 1.29 is 19.2 Å². The highest BCUT2D eigenvalue weighted by molar-refractivity contribution is 6.21. The molecule has 23 heavy (non-hydrogen) atoms. The lowest BCUT2D eigenvalue weighted by Crippen LogP contribution is -2.55. The number of fused-ring (bicyclic) bond motifs is 2. The van der Waals surface area contributed by atoms with Crippen LogP contribution in [0.25, 0.3) is 0 Å². The quantitative estimate of drug-likeness (QED) is 0.778. The standard InChI is InChI=1S/C17H18N2O4/c20-14-12-6-1-2-7-13(12)15(21)19(14)23-16(22)17-8-3-4-10-18(17)11-5-9-17/h1-2,6-7H,3-5,8-11H2. The molecule has 0 spiro atoms. The Morgan fingerprint density at radius 1 is 0.957 bits per heavy atom. The van der Waals surface area contributed by atoms with Crippen molar-refractivity contribution in [3.05, 3.63) is 35.4 Å². The Kier molecular flexibility index (Phi) is 3.23. The summed E-state index contributed by atoms with van der Waals surface area (Å²) in [6, 6.07) is 6.52. The summed E-state index contributed by atoms with van der Waals surface area (Å²) in [5.41, 5.74) is -0.0856. The van der Waals surface area contributed by atoms with Gasteiger partial charge < -0.3 is 4.84 Å². The van der Waals surface area contributed by atoms with Crippen LogP contribution >= 0.6 is 0 Å². The molecule has 2 saturated heterocycles. The average Bonchev–Trinajstić information content (AvgIpc) is 3.12. The maximum Gasteiger partial charge on any atom is 0.353 e. The zero-order valence-corrected chi connectivity index (χ0v) is 12.8. The van der Waals surface area contributed by atoms with Crippen molar-refractivity contribution in [1.82, 2.24) is 9.96 Å². The molecule has 0 aliphatic carbocycles. The van der Waals surface area contributed by atoms with Crippen LogP contribution in [0, 0.1) is 0 Å². The number of piperidine rings is 1. The Balaban J connectivity index is 1.58. The van der Waals surface area contributed by atoms with Gasteiger partial charge in [-0.1, -0.05) is 17.2 Å². The van der Waals surface area contributed by atoms with Crippen molar-refractivity contribution in [3.8, 4) is 0 Å². The van der Waals surface area contributed by atoms with Gasteiger partial charge in [0.15, 0.2) is 0 Å². The van der Waals surface area contributed by atoms with Crippen LogP contribution in [0.15, 0.2) is 24.3 Å². The van der Waals surface area contributed by atoms with E-state index in [1.165, 1.54) is 0 Å². The topological polar surface area (TPSA) is 66.9 Å². The summed E-state index contributed by atoms with van der Waals surface area (Å²) >= 11 is 0. The van der Waals surface area contributed by atoms with E-state index in [4.69, 9.17) is 4.84 Å². The van der Waals surface area contributed by atoms with Gasteiger partial charge >= 0.3 is 5.97 Å². The van der Waals surface area contributed by atoms with Crippen molar-refractivity contribution in [1.29, 1.82) is 0 Å². The van der Waals surface area contributed by atoms with E-state index < -0.39 is 23.3 Å². The molecule has 3 aliphatic rings. The van der Waals surface area contributed by atoms with Gasteiger partial charge in [0, 0.05) is 0 Å². The predicted molar refractivity (Wildman–Crippen MR) is 80.4 cm³/mol. The van der Waals surface area contributed by atoms with Gasteiger partial charge in [-0.3, -0.25) is 14.5 Å². The highest BCUT2D eigenvalue weighted by Crippen LogP contribution is 2.39. The third kappa shape index (κ3) is 2.01. The minimum Gasteiger partial charge on any atom is -0.328 e. The normalized spacial score (nSPS) is 27.0. The first-order valence-electron chi connectivity index (χ1n) is 8.09. The smallest absolute Gasteiger partial charge is 0.328 e. The first-order chi connectivity index (χ1) is 11.1. The van der Waals surface area contributed by atoms with Gasteiger partial charge in [0.25, 0.3) is 11.8 Å². The molecule has 0 bridgehead atoms. The van der Waals surface area contributed by atoms with Crippen LogP contribution in [0.4, 0.5) is 0 Å². The molecule has 0 radical (unpaired) electrons. The highest BCUT2D eigenvalue weighted by Gasteiger charge is 2.52. The van der Waals surface area contributed by atoms with Gasteiger partial charge in [0.05, 0.1) is 11.1 Å². The van der Waals surface area contributed by atoms with Gasteiger partial charge in [-0.25, -0.2) is 4.79 Å². The van der Waals surface area contributed by atoms with Crippen LogP contribution in [-0.2, 0) is 9.63 Å². The maximum absolute atomic E-state index is 12.8. The third-order valence-corrected chi connectivity index (χ3v) is 5.20. The first kappa shape index (κ1) is 14.4. The number of imide groups is 1. The van der Waals surface area contributed by atoms with Crippen molar-refractivity contribution in [2.45, 2.75) is 37.6 Å². The molecule has 3 aliphatic heterocycles. The van der Waals surface area contributed by atoms with Crippen LogP contribution in [0.3, 0.4) is 0 Å². The van der Waals surface area contributed by atoms with Crippen LogP contribution in [-0.4, -0.2) is 46.4 Å². The molecule has 1 aromatic carbocycles. The molecule has 1 aromatic rings. The first-order valence-corrected chi connectivity index (χ1v) is 8.09. The van der Waals surface area contributed by atoms with Crippen molar-refractivity contribution in [2.24, 2.45) is 0 Å². The Hall–Kier alpha value is -2.21. The Morgan fingerprint density at radius 2 is 1.57 bits per heavy atom. The lowest BCUT2D eigenvalue weighted by atomic mass is 9.86. The fraction of sp³-hybridized carbons (Fsp3) is 0.471. The van der Waals surface area contributed by atoms with Crippen molar-refractivity contribution in [2.75, 3.05) is 13.1 Å². The molecule has 1 atom stereocenters. The molecule has 120 valence electrons. The minimum absolute atomic E-state index is 0.287. The number of hydroxylamine groups is 2. The second-order valence-corrected chi connectivity index (χ2v) is 6.41. The number of carbonyl (C=O) groups is 3. The second-order valence-electron chi connectivity index (χ2n) is 6.41. The number of nitrogens with zero attached hydrogens (tertiary/aromatic N) is 2. The number of amides is 2. The predicted octanol–water partition coefficient (Wildman–Crippen LogP) is 1.76. The van der Waals surface area contributed by atoms with Gasteiger partial charge in [-0.2, -0.15) is 0 Å². The summed E-state index contributed by atoms with van der Waals surface area (Å²) in [6.45, 7) is 1.74. The van der Waals surface area contributed by atoms with E-state index in [-0.39, 0.29) is 11.1 Å². The average molecular weight is 314 g/mol.